The molecule has 1 aliphatic rings. The minimum Gasteiger partial charge on any atom is -0.480 e. The number of aliphatic hydroxyl groups excluding tert-OH is 1. The summed E-state index contributed by atoms with van der Waals surface area (Å²) in [4.78, 5) is 8.33. The lowest BCUT2D eigenvalue weighted by Crippen LogP contribution is -2.18. The molecule has 0 aromatic carbocycles. The van der Waals surface area contributed by atoms with Crippen molar-refractivity contribution in [2.24, 2.45) is 0 Å². The van der Waals surface area contributed by atoms with Gasteiger partial charge in [0.2, 0.25) is 11.8 Å². The van der Waals surface area contributed by atoms with Gasteiger partial charge in [0, 0.05) is 4.75 Å². The lowest BCUT2D eigenvalue weighted by atomic mass is 10.1. The van der Waals surface area contributed by atoms with Crippen molar-refractivity contribution in [1.29, 1.82) is 0 Å². The zero-order chi connectivity index (χ0) is 12.5. The standard InChI is InChI=1S/C11H16N2O3S/c1-15-7-6-12-8(10(13-7)16-2)9(14)11(17-3)4-5-11/h6,9,14H,4-5H2,1-3H3. The van der Waals surface area contributed by atoms with Gasteiger partial charge in [-0.3, -0.25) is 0 Å². The Labute approximate surface area is 105 Å². The highest BCUT2D eigenvalue weighted by molar-refractivity contribution is 8.00. The van der Waals surface area contributed by atoms with Crippen LogP contribution in [-0.2, 0) is 0 Å². The van der Waals surface area contributed by atoms with E-state index in [1.165, 1.54) is 20.4 Å². The van der Waals surface area contributed by atoms with E-state index < -0.39 is 6.10 Å². The van der Waals surface area contributed by atoms with Crippen LogP contribution in [0.4, 0.5) is 0 Å². The molecule has 0 aliphatic heterocycles. The predicted octanol–water partition coefficient (Wildman–Crippen LogP) is 1.42. The van der Waals surface area contributed by atoms with Gasteiger partial charge >= 0.3 is 0 Å². The van der Waals surface area contributed by atoms with Gasteiger partial charge in [0.1, 0.15) is 11.8 Å². The van der Waals surface area contributed by atoms with Crippen LogP contribution in [0.1, 0.15) is 24.6 Å². The molecule has 0 saturated heterocycles. The molecule has 0 radical (unpaired) electrons. The van der Waals surface area contributed by atoms with E-state index in [0.717, 1.165) is 12.8 Å². The van der Waals surface area contributed by atoms with Gasteiger partial charge in [0.25, 0.3) is 0 Å². The number of hydrogen-bond acceptors (Lipinski definition) is 6. The van der Waals surface area contributed by atoms with E-state index in [9.17, 15) is 5.11 Å². The largest absolute Gasteiger partial charge is 0.480 e. The van der Waals surface area contributed by atoms with Crippen molar-refractivity contribution in [2.45, 2.75) is 23.7 Å². The Morgan fingerprint density at radius 1 is 1.41 bits per heavy atom. The van der Waals surface area contributed by atoms with Crippen LogP contribution >= 0.6 is 11.8 Å². The van der Waals surface area contributed by atoms with Gasteiger partial charge < -0.3 is 14.6 Å². The first-order chi connectivity index (χ1) is 8.16. The van der Waals surface area contributed by atoms with Crippen molar-refractivity contribution in [3.8, 4) is 11.8 Å². The zero-order valence-corrected chi connectivity index (χ0v) is 11.0. The topological polar surface area (TPSA) is 64.5 Å². The molecule has 1 unspecified atom stereocenters. The highest BCUT2D eigenvalue weighted by atomic mass is 32.2. The lowest BCUT2D eigenvalue weighted by Gasteiger charge is -2.20. The minimum atomic E-state index is -0.647. The Kier molecular flexibility index (Phi) is 3.44. The number of nitrogens with zero attached hydrogens (tertiary/aromatic N) is 2. The molecule has 0 spiro atoms. The molecule has 6 heteroatoms. The van der Waals surface area contributed by atoms with Crippen LogP contribution in [0.5, 0.6) is 11.8 Å². The van der Waals surface area contributed by atoms with Gasteiger partial charge in [-0.15, -0.1) is 0 Å². The normalized spacial score (nSPS) is 18.6. The molecule has 1 aromatic heterocycles. The molecule has 1 saturated carbocycles. The molecule has 0 bridgehead atoms. The molecule has 1 aromatic rings. The van der Waals surface area contributed by atoms with Gasteiger partial charge in [0.15, 0.2) is 0 Å². The quantitative estimate of drug-likeness (QED) is 0.859. The van der Waals surface area contributed by atoms with E-state index in [0.29, 0.717) is 17.5 Å². The maximum Gasteiger partial charge on any atom is 0.241 e. The van der Waals surface area contributed by atoms with Crippen molar-refractivity contribution >= 4 is 11.8 Å². The van der Waals surface area contributed by atoms with Crippen LogP contribution in [0.2, 0.25) is 0 Å². The summed E-state index contributed by atoms with van der Waals surface area (Å²) in [5.74, 6) is 0.712. The summed E-state index contributed by atoms with van der Waals surface area (Å²) in [7, 11) is 3.03. The number of rotatable bonds is 5. The molecule has 1 aliphatic carbocycles. The molecule has 1 atom stereocenters. The van der Waals surface area contributed by atoms with Crippen LogP contribution in [0.3, 0.4) is 0 Å². The summed E-state index contributed by atoms with van der Waals surface area (Å²) >= 11 is 1.67. The second kappa shape index (κ2) is 4.70. The average molecular weight is 256 g/mol. The molecule has 17 heavy (non-hydrogen) atoms. The summed E-state index contributed by atoms with van der Waals surface area (Å²) in [5, 5.41) is 10.3. The van der Waals surface area contributed by atoms with Crippen LogP contribution in [0, 0.1) is 0 Å². The average Bonchev–Trinajstić information content (AvgIpc) is 3.18. The van der Waals surface area contributed by atoms with E-state index in [4.69, 9.17) is 9.47 Å². The summed E-state index contributed by atoms with van der Waals surface area (Å²) in [6, 6.07) is 0. The number of aromatic nitrogens is 2. The van der Waals surface area contributed by atoms with E-state index in [-0.39, 0.29) is 4.75 Å². The van der Waals surface area contributed by atoms with Gasteiger partial charge in [0.05, 0.1) is 20.4 Å². The minimum absolute atomic E-state index is 0.115. The maximum absolute atomic E-state index is 10.3. The molecule has 1 N–H and O–H groups in total. The maximum atomic E-state index is 10.3. The molecular weight excluding hydrogens is 240 g/mol. The Bertz CT molecular complexity index is 410. The van der Waals surface area contributed by atoms with Gasteiger partial charge in [-0.2, -0.15) is 16.7 Å². The van der Waals surface area contributed by atoms with Gasteiger partial charge in [-0.1, -0.05) is 0 Å². The Balaban J connectivity index is 2.31. The second-order valence-electron chi connectivity index (χ2n) is 3.98. The predicted molar refractivity (Wildman–Crippen MR) is 65.6 cm³/mol. The van der Waals surface area contributed by atoms with Crippen molar-refractivity contribution in [3.05, 3.63) is 11.9 Å². The highest BCUT2D eigenvalue weighted by Crippen LogP contribution is 2.56. The van der Waals surface area contributed by atoms with Crippen molar-refractivity contribution < 1.29 is 14.6 Å². The summed E-state index contributed by atoms with van der Waals surface area (Å²) in [5.41, 5.74) is 0.486. The summed E-state index contributed by atoms with van der Waals surface area (Å²) < 4.78 is 10.0. The first-order valence-electron chi connectivity index (χ1n) is 5.35. The molecule has 5 nitrogen and oxygen atoms in total. The van der Waals surface area contributed by atoms with Crippen LogP contribution in [0.15, 0.2) is 6.20 Å². The van der Waals surface area contributed by atoms with E-state index in [1.807, 2.05) is 6.26 Å². The Hall–Kier alpha value is -1.01. The van der Waals surface area contributed by atoms with E-state index >= 15 is 0 Å². The Morgan fingerprint density at radius 3 is 2.59 bits per heavy atom. The number of aliphatic hydroxyl groups is 1. The van der Waals surface area contributed by atoms with Crippen molar-refractivity contribution in [2.75, 3.05) is 20.5 Å². The number of methoxy groups -OCH3 is 2. The fourth-order valence-corrected chi connectivity index (χ4v) is 2.61. The van der Waals surface area contributed by atoms with Crippen molar-refractivity contribution in [1.82, 2.24) is 9.97 Å². The third-order valence-electron chi connectivity index (χ3n) is 3.05. The smallest absolute Gasteiger partial charge is 0.241 e. The fraction of sp³-hybridized carbons (Fsp3) is 0.636. The molecule has 94 valence electrons. The number of ether oxygens (including phenoxy) is 2. The molecular formula is C11H16N2O3S. The number of hydrogen-bond donors (Lipinski definition) is 1. The highest BCUT2D eigenvalue weighted by Gasteiger charge is 2.50. The summed E-state index contributed by atoms with van der Waals surface area (Å²) in [6.45, 7) is 0. The monoisotopic (exact) mass is 256 g/mol. The van der Waals surface area contributed by atoms with Crippen LogP contribution < -0.4 is 9.47 Å². The zero-order valence-electron chi connectivity index (χ0n) is 10.1. The number of thioether (sulfide) groups is 1. The first-order valence-corrected chi connectivity index (χ1v) is 6.57. The van der Waals surface area contributed by atoms with Crippen molar-refractivity contribution in [3.63, 3.8) is 0 Å². The molecule has 2 rings (SSSR count). The third kappa shape index (κ3) is 2.19. The first kappa shape index (κ1) is 12.4. The van der Waals surface area contributed by atoms with Gasteiger partial charge in [-0.05, 0) is 19.1 Å². The third-order valence-corrected chi connectivity index (χ3v) is 4.50. The lowest BCUT2D eigenvalue weighted by molar-refractivity contribution is 0.156. The molecule has 0 amide bonds. The SMILES string of the molecule is COc1cnc(C(O)C2(SC)CC2)c(OC)n1. The van der Waals surface area contributed by atoms with Gasteiger partial charge in [-0.25, -0.2) is 4.98 Å². The van der Waals surface area contributed by atoms with E-state index in [1.54, 1.807) is 11.8 Å². The van der Waals surface area contributed by atoms with Crippen LogP contribution in [0.25, 0.3) is 0 Å². The Morgan fingerprint density at radius 2 is 2.12 bits per heavy atom. The summed E-state index contributed by atoms with van der Waals surface area (Å²) in [6.07, 6.45) is 4.83. The second-order valence-corrected chi connectivity index (χ2v) is 5.20. The van der Waals surface area contributed by atoms with E-state index in [2.05, 4.69) is 9.97 Å². The molecule has 1 fully saturated rings. The van der Waals surface area contributed by atoms with Crippen LogP contribution in [-0.4, -0.2) is 40.3 Å². The molecule has 1 heterocycles. The fourth-order valence-electron chi connectivity index (χ4n) is 1.76.